The molecule has 4 aromatic rings. The second-order valence-electron chi connectivity index (χ2n) is 9.45. The summed E-state index contributed by atoms with van der Waals surface area (Å²) >= 11 is 6.16. The van der Waals surface area contributed by atoms with Gasteiger partial charge in [-0.05, 0) is 90.2 Å². The first-order valence-electron chi connectivity index (χ1n) is 12.3. The van der Waals surface area contributed by atoms with E-state index in [0.717, 1.165) is 45.4 Å². The molecule has 0 unspecified atom stereocenters. The molecule has 0 spiro atoms. The fourth-order valence-electron chi connectivity index (χ4n) is 4.60. The van der Waals surface area contributed by atoms with E-state index in [0.29, 0.717) is 37.3 Å². The molecule has 0 radical (unpaired) electrons. The number of nitrogens with two attached hydrogens (primary N) is 1. The van der Waals surface area contributed by atoms with Crippen LogP contribution in [-0.2, 0) is 11.2 Å². The van der Waals surface area contributed by atoms with E-state index in [2.05, 4.69) is 17.1 Å². The van der Waals surface area contributed by atoms with Crippen LogP contribution >= 0.6 is 11.6 Å². The van der Waals surface area contributed by atoms with Crippen molar-refractivity contribution >= 4 is 46.2 Å². The van der Waals surface area contributed by atoms with Crippen molar-refractivity contribution < 1.29 is 14.0 Å². The summed E-state index contributed by atoms with van der Waals surface area (Å²) in [6.45, 7) is 3.32. The molecule has 7 heteroatoms. The number of alkyl halides is 1. The molecule has 188 valence electrons. The Morgan fingerprint density at radius 2 is 1.95 bits per heavy atom. The smallest absolute Gasteiger partial charge is 0.253 e. The van der Waals surface area contributed by atoms with Gasteiger partial charge in [-0.25, -0.2) is 4.98 Å². The SMILES string of the molecule is Cc1cc(-c2ccc(C(=O)N3CC[C@H](Cl)C3)cc2)cc2cc(CCC(=O)/C=C/c3ccc(N)nc3)oc12. The number of halogens is 1. The zero-order valence-corrected chi connectivity index (χ0v) is 21.4. The van der Waals surface area contributed by atoms with Gasteiger partial charge in [0.05, 0.1) is 5.38 Å². The molecule has 2 aromatic heterocycles. The number of ketones is 1. The van der Waals surface area contributed by atoms with Crippen molar-refractivity contribution in [1.82, 2.24) is 9.88 Å². The van der Waals surface area contributed by atoms with Crippen LogP contribution in [-0.4, -0.2) is 40.0 Å². The largest absolute Gasteiger partial charge is 0.461 e. The van der Waals surface area contributed by atoms with Crippen LogP contribution in [0.2, 0.25) is 0 Å². The first-order valence-corrected chi connectivity index (χ1v) is 12.8. The van der Waals surface area contributed by atoms with Gasteiger partial charge in [-0.3, -0.25) is 9.59 Å². The quantitative estimate of drug-likeness (QED) is 0.240. The van der Waals surface area contributed by atoms with Gasteiger partial charge in [0.15, 0.2) is 5.78 Å². The maximum absolute atomic E-state index is 12.7. The molecule has 0 bridgehead atoms. The predicted octanol–water partition coefficient (Wildman–Crippen LogP) is 6.05. The van der Waals surface area contributed by atoms with E-state index < -0.39 is 0 Å². The number of allylic oxidation sites excluding steroid dienone is 1. The molecule has 1 amide bonds. The van der Waals surface area contributed by atoms with Crippen molar-refractivity contribution in [2.45, 2.75) is 31.6 Å². The van der Waals surface area contributed by atoms with E-state index in [1.165, 1.54) is 0 Å². The van der Waals surface area contributed by atoms with E-state index in [1.807, 2.05) is 48.2 Å². The Bertz CT molecular complexity index is 1470. The fraction of sp³-hybridized carbons (Fsp3) is 0.233. The number of anilines is 1. The molecule has 5 rings (SSSR count). The number of amides is 1. The highest BCUT2D eigenvalue weighted by Crippen LogP contribution is 2.31. The number of aromatic nitrogens is 1. The van der Waals surface area contributed by atoms with Crippen molar-refractivity contribution in [3.05, 3.63) is 89.3 Å². The lowest BCUT2D eigenvalue weighted by molar-refractivity contribution is -0.114. The normalized spacial score (nSPS) is 15.6. The van der Waals surface area contributed by atoms with Crippen molar-refractivity contribution in [3.63, 3.8) is 0 Å². The number of hydrogen-bond donors (Lipinski definition) is 1. The zero-order chi connectivity index (χ0) is 25.9. The number of likely N-dealkylation sites (tertiary alicyclic amines) is 1. The highest BCUT2D eigenvalue weighted by Gasteiger charge is 2.25. The molecule has 1 atom stereocenters. The van der Waals surface area contributed by atoms with Gasteiger partial charge < -0.3 is 15.1 Å². The number of nitrogen functional groups attached to an aromatic ring is 1. The van der Waals surface area contributed by atoms with Gasteiger partial charge in [-0.1, -0.05) is 12.1 Å². The Hall–Kier alpha value is -3.90. The molecule has 0 saturated carbocycles. The summed E-state index contributed by atoms with van der Waals surface area (Å²) in [4.78, 5) is 30.9. The van der Waals surface area contributed by atoms with Crippen molar-refractivity contribution in [1.29, 1.82) is 0 Å². The minimum absolute atomic E-state index is 0.0137. The minimum atomic E-state index is 0.0137. The molecule has 6 nitrogen and oxygen atoms in total. The number of carbonyl (C=O) groups excluding carboxylic acids is 2. The monoisotopic (exact) mass is 513 g/mol. The molecule has 1 aliphatic rings. The summed E-state index contributed by atoms with van der Waals surface area (Å²) in [5, 5.41) is 1.03. The molecule has 2 aromatic carbocycles. The molecular formula is C30H28ClN3O3. The van der Waals surface area contributed by atoms with Crippen LogP contribution in [0.5, 0.6) is 0 Å². The molecule has 3 heterocycles. The van der Waals surface area contributed by atoms with Gasteiger partial charge in [0.1, 0.15) is 17.2 Å². The first-order chi connectivity index (χ1) is 17.9. The molecule has 2 N–H and O–H groups in total. The zero-order valence-electron chi connectivity index (χ0n) is 20.6. The lowest BCUT2D eigenvalue weighted by Gasteiger charge is -2.15. The first kappa shape index (κ1) is 24.8. The van der Waals surface area contributed by atoms with Gasteiger partial charge in [0.2, 0.25) is 0 Å². The van der Waals surface area contributed by atoms with Crippen molar-refractivity contribution in [2.75, 3.05) is 18.8 Å². The number of fused-ring (bicyclic) bond motifs is 1. The molecule has 0 aliphatic carbocycles. The maximum Gasteiger partial charge on any atom is 0.253 e. The number of rotatable bonds is 7. The summed E-state index contributed by atoms with van der Waals surface area (Å²) in [5.41, 5.74) is 11.0. The van der Waals surface area contributed by atoms with Crippen LogP contribution in [0.15, 0.2) is 71.3 Å². The Morgan fingerprint density at radius 3 is 2.65 bits per heavy atom. The van der Waals surface area contributed by atoms with Gasteiger partial charge in [-0.15, -0.1) is 11.6 Å². The van der Waals surface area contributed by atoms with Gasteiger partial charge >= 0.3 is 0 Å². The van der Waals surface area contributed by atoms with E-state index >= 15 is 0 Å². The lowest BCUT2D eigenvalue weighted by Crippen LogP contribution is -2.28. The average molecular weight is 514 g/mol. The van der Waals surface area contributed by atoms with Crippen LogP contribution in [0.1, 0.15) is 40.1 Å². The van der Waals surface area contributed by atoms with Crippen LogP contribution < -0.4 is 5.73 Å². The van der Waals surface area contributed by atoms with Crippen molar-refractivity contribution in [2.24, 2.45) is 0 Å². The molecule has 37 heavy (non-hydrogen) atoms. The number of hydrogen-bond acceptors (Lipinski definition) is 5. The van der Waals surface area contributed by atoms with E-state index in [-0.39, 0.29) is 17.1 Å². The van der Waals surface area contributed by atoms with E-state index in [1.54, 1.807) is 24.4 Å². The summed E-state index contributed by atoms with van der Waals surface area (Å²) in [5.74, 6) is 1.26. The molecule has 1 fully saturated rings. The fourth-order valence-corrected chi connectivity index (χ4v) is 4.86. The third-order valence-electron chi connectivity index (χ3n) is 6.62. The summed E-state index contributed by atoms with van der Waals surface area (Å²) < 4.78 is 6.07. The Kier molecular flexibility index (Phi) is 7.10. The van der Waals surface area contributed by atoms with Crippen LogP contribution in [0, 0.1) is 6.92 Å². The Balaban J connectivity index is 1.26. The second-order valence-corrected chi connectivity index (χ2v) is 10.1. The number of furan rings is 1. The van der Waals surface area contributed by atoms with Gasteiger partial charge in [0, 0.05) is 43.1 Å². The van der Waals surface area contributed by atoms with Crippen LogP contribution in [0.4, 0.5) is 5.82 Å². The summed E-state index contributed by atoms with van der Waals surface area (Å²) in [6, 6.07) is 17.4. The highest BCUT2D eigenvalue weighted by molar-refractivity contribution is 6.21. The summed E-state index contributed by atoms with van der Waals surface area (Å²) in [7, 11) is 0. The number of benzene rings is 2. The predicted molar refractivity (Wildman–Crippen MR) is 148 cm³/mol. The van der Waals surface area contributed by atoms with E-state index in [4.69, 9.17) is 21.8 Å². The topological polar surface area (TPSA) is 89.4 Å². The Morgan fingerprint density at radius 1 is 1.14 bits per heavy atom. The number of carbonyl (C=O) groups is 2. The maximum atomic E-state index is 12.7. The van der Waals surface area contributed by atoms with Crippen LogP contribution in [0.3, 0.4) is 0 Å². The number of aryl methyl sites for hydroxylation is 2. The average Bonchev–Trinajstić information content (AvgIpc) is 3.53. The highest BCUT2D eigenvalue weighted by atomic mass is 35.5. The minimum Gasteiger partial charge on any atom is -0.461 e. The van der Waals surface area contributed by atoms with Gasteiger partial charge in [0.25, 0.3) is 5.91 Å². The number of nitrogens with zero attached hydrogens (tertiary/aromatic N) is 2. The van der Waals surface area contributed by atoms with E-state index in [9.17, 15) is 9.59 Å². The molecular weight excluding hydrogens is 486 g/mol. The van der Waals surface area contributed by atoms with Gasteiger partial charge in [-0.2, -0.15) is 0 Å². The van der Waals surface area contributed by atoms with Crippen LogP contribution in [0.25, 0.3) is 28.2 Å². The standard InChI is InChI=1S/C30H28ClN3O3/c1-19-14-23(21-4-6-22(7-5-21)30(36)34-13-12-25(31)18-34)15-24-16-27(37-29(19)24)10-9-26(35)8-2-20-3-11-28(32)33-17-20/h2-8,11,14-17,25H,9-10,12-13,18H2,1H3,(H2,32,33)/b8-2+/t25-/m0/s1. The second kappa shape index (κ2) is 10.6. The molecule has 1 saturated heterocycles. The summed E-state index contributed by atoms with van der Waals surface area (Å²) in [6.07, 6.45) is 6.63. The van der Waals surface area contributed by atoms with Crippen molar-refractivity contribution in [3.8, 4) is 11.1 Å². The third-order valence-corrected chi connectivity index (χ3v) is 6.98. The number of pyridine rings is 1. The third kappa shape index (κ3) is 5.75. The lowest BCUT2D eigenvalue weighted by atomic mass is 10.00. The molecule has 1 aliphatic heterocycles. The Labute approximate surface area is 220 Å².